The van der Waals surface area contributed by atoms with Gasteiger partial charge in [0.15, 0.2) is 0 Å². The minimum absolute atomic E-state index is 0.432. The molecule has 2 N–H and O–H groups in total. The quantitative estimate of drug-likeness (QED) is 0.722. The van der Waals surface area contributed by atoms with Gasteiger partial charge in [0.25, 0.3) is 0 Å². The first kappa shape index (κ1) is 11.0. The molecule has 1 rings (SSSR count). The van der Waals surface area contributed by atoms with Gasteiger partial charge < -0.3 is 5.73 Å². The third-order valence-corrected chi connectivity index (χ3v) is 3.04. The maximum absolute atomic E-state index is 5.88. The lowest BCUT2D eigenvalue weighted by atomic mass is 10.0. The van der Waals surface area contributed by atoms with Crippen LogP contribution in [0.25, 0.3) is 0 Å². The molecule has 0 aromatic heterocycles. The molecule has 1 heterocycles. The van der Waals surface area contributed by atoms with Crippen molar-refractivity contribution in [2.24, 2.45) is 11.7 Å². The van der Waals surface area contributed by atoms with Crippen LogP contribution in [0.2, 0.25) is 0 Å². The highest BCUT2D eigenvalue weighted by molar-refractivity contribution is 4.81. The minimum Gasteiger partial charge on any atom is -0.326 e. The van der Waals surface area contributed by atoms with E-state index >= 15 is 0 Å². The molecule has 1 aliphatic heterocycles. The topological polar surface area (TPSA) is 29.3 Å². The van der Waals surface area contributed by atoms with Gasteiger partial charge in [-0.3, -0.25) is 4.90 Å². The summed E-state index contributed by atoms with van der Waals surface area (Å²) in [5.41, 5.74) is 5.88. The zero-order valence-corrected chi connectivity index (χ0v) is 9.29. The lowest BCUT2D eigenvalue weighted by molar-refractivity contribution is 0.234. The molecule has 0 aromatic rings. The van der Waals surface area contributed by atoms with Crippen molar-refractivity contribution < 1.29 is 0 Å². The van der Waals surface area contributed by atoms with Gasteiger partial charge in [-0.2, -0.15) is 0 Å². The van der Waals surface area contributed by atoms with Gasteiger partial charge in [0.05, 0.1) is 0 Å². The summed E-state index contributed by atoms with van der Waals surface area (Å²) in [6.07, 6.45) is 3.85. The Labute approximate surface area is 82.5 Å². The second-order valence-corrected chi connectivity index (χ2v) is 4.86. The van der Waals surface area contributed by atoms with Crippen LogP contribution >= 0.6 is 0 Å². The van der Waals surface area contributed by atoms with Gasteiger partial charge in [-0.25, -0.2) is 0 Å². The van der Waals surface area contributed by atoms with Crippen LogP contribution in [-0.4, -0.2) is 30.1 Å². The Morgan fingerprint density at radius 2 is 2.00 bits per heavy atom. The number of nitrogens with two attached hydrogens (primary N) is 1. The van der Waals surface area contributed by atoms with E-state index in [2.05, 4.69) is 25.7 Å². The van der Waals surface area contributed by atoms with Crippen LogP contribution in [0.3, 0.4) is 0 Å². The maximum Gasteiger partial charge on any atom is 0.0180 e. The van der Waals surface area contributed by atoms with Crippen LogP contribution in [-0.2, 0) is 0 Å². The van der Waals surface area contributed by atoms with Gasteiger partial charge in [-0.1, -0.05) is 13.8 Å². The summed E-state index contributed by atoms with van der Waals surface area (Å²) >= 11 is 0. The lowest BCUT2D eigenvalue weighted by Crippen LogP contribution is -2.33. The van der Waals surface area contributed by atoms with E-state index in [1.807, 2.05) is 0 Å². The Hall–Kier alpha value is -0.0800. The van der Waals surface area contributed by atoms with Gasteiger partial charge in [0, 0.05) is 18.6 Å². The third-order valence-electron chi connectivity index (χ3n) is 3.04. The van der Waals surface area contributed by atoms with E-state index in [0.717, 1.165) is 18.5 Å². The number of hydrogen-bond acceptors (Lipinski definition) is 2. The van der Waals surface area contributed by atoms with Gasteiger partial charge in [0.1, 0.15) is 0 Å². The molecule has 0 saturated carbocycles. The van der Waals surface area contributed by atoms with Crippen LogP contribution in [0.5, 0.6) is 0 Å². The number of hydrogen-bond donors (Lipinski definition) is 1. The molecular weight excluding hydrogens is 160 g/mol. The predicted octanol–water partition coefficient (Wildman–Crippen LogP) is 1.84. The van der Waals surface area contributed by atoms with E-state index in [0.29, 0.717) is 6.04 Å². The molecule has 0 amide bonds. The van der Waals surface area contributed by atoms with Gasteiger partial charge >= 0.3 is 0 Å². The van der Waals surface area contributed by atoms with Gasteiger partial charge in [-0.05, 0) is 38.6 Å². The molecule has 2 unspecified atom stereocenters. The van der Waals surface area contributed by atoms with Crippen molar-refractivity contribution in [3.8, 4) is 0 Å². The first-order valence-corrected chi connectivity index (χ1v) is 5.59. The Kier molecular flexibility index (Phi) is 4.20. The fraction of sp³-hybridized carbons (Fsp3) is 1.00. The van der Waals surface area contributed by atoms with Crippen molar-refractivity contribution >= 4 is 0 Å². The summed E-state index contributed by atoms with van der Waals surface area (Å²) in [4.78, 5) is 2.53. The fourth-order valence-electron chi connectivity index (χ4n) is 1.97. The van der Waals surface area contributed by atoms with Crippen molar-refractivity contribution in [1.82, 2.24) is 4.90 Å². The summed E-state index contributed by atoms with van der Waals surface area (Å²) < 4.78 is 0. The summed E-state index contributed by atoms with van der Waals surface area (Å²) in [6.45, 7) is 9.24. The largest absolute Gasteiger partial charge is 0.326 e. The first-order valence-electron chi connectivity index (χ1n) is 5.59. The standard InChI is InChI=1S/C11H24N2/c1-9(2)4-5-10(3)13-7-6-11(12)8-13/h9-11H,4-8,12H2,1-3H3. The van der Waals surface area contributed by atoms with Crippen molar-refractivity contribution in [3.05, 3.63) is 0 Å². The smallest absolute Gasteiger partial charge is 0.0180 e. The highest BCUT2D eigenvalue weighted by Gasteiger charge is 2.22. The lowest BCUT2D eigenvalue weighted by Gasteiger charge is -2.24. The highest BCUT2D eigenvalue weighted by atomic mass is 15.2. The molecule has 0 bridgehead atoms. The van der Waals surface area contributed by atoms with Crippen molar-refractivity contribution in [1.29, 1.82) is 0 Å². The summed E-state index contributed by atoms with van der Waals surface area (Å²) in [5, 5.41) is 0. The van der Waals surface area contributed by atoms with Crippen molar-refractivity contribution in [3.63, 3.8) is 0 Å². The molecule has 2 atom stereocenters. The first-order chi connectivity index (χ1) is 6.09. The molecule has 0 aliphatic carbocycles. The normalized spacial score (nSPS) is 27.0. The van der Waals surface area contributed by atoms with Crippen LogP contribution in [0.1, 0.15) is 40.0 Å². The fourth-order valence-corrected chi connectivity index (χ4v) is 1.97. The average molecular weight is 184 g/mol. The summed E-state index contributed by atoms with van der Waals surface area (Å²) in [5.74, 6) is 0.832. The predicted molar refractivity (Wildman–Crippen MR) is 57.7 cm³/mol. The SMILES string of the molecule is CC(C)CCC(C)N1CCC(N)C1. The van der Waals surface area contributed by atoms with Crippen molar-refractivity contribution in [2.75, 3.05) is 13.1 Å². The molecular formula is C11H24N2. The van der Waals surface area contributed by atoms with Gasteiger partial charge in [-0.15, -0.1) is 0 Å². The molecule has 78 valence electrons. The van der Waals surface area contributed by atoms with E-state index in [1.165, 1.54) is 25.8 Å². The molecule has 13 heavy (non-hydrogen) atoms. The average Bonchev–Trinajstić information content (AvgIpc) is 2.47. The minimum atomic E-state index is 0.432. The molecule has 1 saturated heterocycles. The number of rotatable bonds is 4. The molecule has 1 fully saturated rings. The molecule has 0 radical (unpaired) electrons. The summed E-state index contributed by atoms with van der Waals surface area (Å²) in [6, 6.07) is 1.16. The molecule has 2 heteroatoms. The molecule has 2 nitrogen and oxygen atoms in total. The zero-order chi connectivity index (χ0) is 9.84. The van der Waals surface area contributed by atoms with E-state index in [1.54, 1.807) is 0 Å². The second kappa shape index (κ2) is 4.97. The monoisotopic (exact) mass is 184 g/mol. The van der Waals surface area contributed by atoms with Crippen molar-refractivity contribution in [2.45, 2.75) is 52.1 Å². The summed E-state index contributed by atoms with van der Waals surface area (Å²) in [7, 11) is 0. The Morgan fingerprint density at radius 3 is 2.46 bits per heavy atom. The second-order valence-electron chi connectivity index (χ2n) is 4.86. The number of likely N-dealkylation sites (tertiary alicyclic amines) is 1. The Bertz CT molecular complexity index is 145. The molecule has 0 aromatic carbocycles. The number of nitrogens with zero attached hydrogens (tertiary/aromatic N) is 1. The van der Waals surface area contributed by atoms with E-state index in [9.17, 15) is 0 Å². The van der Waals surface area contributed by atoms with Crippen LogP contribution < -0.4 is 5.73 Å². The third kappa shape index (κ3) is 3.65. The molecule has 0 spiro atoms. The van der Waals surface area contributed by atoms with Crippen LogP contribution in [0.15, 0.2) is 0 Å². The maximum atomic E-state index is 5.88. The van der Waals surface area contributed by atoms with E-state index in [4.69, 9.17) is 5.73 Å². The van der Waals surface area contributed by atoms with Crippen LogP contribution in [0.4, 0.5) is 0 Å². The van der Waals surface area contributed by atoms with Crippen LogP contribution in [0, 0.1) is 5.92 Å². The Balaban J connectivity index is 2.19. The van der Waals surface area contributed by atoms with E-state index in [-0.39, 0.29) is 0 Å². The highest BCUT2D eigenvalue weighted by Crippen LogP contribution is 2.16. The Morgan fingerprint density at radius 1 is 1.31 bits per heavy atom. The van der Waals surface area contributed by atoms with Gasteiger partial charge in [0.2, 0.25) is 0 Å². The zero-order valence-electron chi connectivity index (χ0n) is 9.29. The van der Waals surface area contributed by atoms with E-state index < -0.39 is 0 Å². The molecule has 1 aliphatic rings.